The summed E-state index contributed by atoms with van der Waals surface area (Å²) in [5.74, 6) is 0. The minimum absolute atomic E-state index is 0.665. The molecule has 0 atom stereocenters. The number of nitrogens with zero attached hydrogens (tertiary/aromatic N) is 1. The van der Waals surface area contributed by atoms with Crippen LogP contribution in [0.15, 0.2) is 40.9 Å². The van der Waals surface area contributed by atoms with Crippen molar-refractivity contribution in [3.05, 3.63) is 57.6 Å². The van der Waals surface area contributed by atoms with Crippen LogP contribution in [0.3, 0.4) is 0 Å². The predicted molar refractivity (Wildman–Crippen MR) is 83.5 cm³/mol. The molecule has 2 rings (SSSR count). The van der Waals surface area contributed by atoms with E-state index in [1.54, 1.807) is 0 Å². The van der Waals surface area contributed by atoms with Crippen molar-refractivity contribution in [2.45, 2.75) is 13.8 Å². The van der Waals surface area contributed by atoms with Gasteiger partial charge in [0.2, 0.25) is 0 Å². The molecule has 0 aliphatic heterocycles. The second kappa shape index (κ2) is 5.57. The van der Waals surface area contributed by atoms with Gasteiger partial charge >= 0.3 is 0 Å². The summed E-state index contributed by atoms with van der Waals surface area (Å²) in [7, 11) is 2.03. The quantitative estimate of drug-likeness (QED) is 0.768. The molecule has 0 spiro atoms. The molecule has 0 radical (unpaired) electrons. The van der Waals surface area contributed by atoms with E-state index in [1.807, 2.05) is 25.2 Å². The maximum atomic E-state index is 10.8. The fourth-order valence-corrected chi connectivity index (χ4v) is 2.60. The number of hydrogen-bond acceptors (Lipinski definition) is 2. The monoisotopic (exact) mass is 317 g/mol. The normalized spacial score (nSPS) is 10.3. The highest BCUT2D eigenvalue weighted by Crippen LogP contribution is 2.30. The lowest BCUT2D eigenvalue weighted by atomic mass is 10.1. The third-order valence-electron chi connectivity index (χ3n) is 3.21. The van der Waals surface area contributed by atoms with E-state index in [2.05, 4.69) is 52.9 Å². The second-order valence-electron chi connectivity index (χ2n) is 4.67. The first kappa shape index (κ1) is 13.8. The van der Waals surface area contributed by atoms with Crippen molar-refractivity contribution in [3.63, 3.8) is 0 Å². The van der Waals surface area contributed by atoms with Crippen molar-refractivity contribution >= 4 is 33.6 Å². The van der Waals surface area contributed by atoms with Crippen LogP contribution < -0.4 is 4.90 Å². The van der Waals surface area contributed by atoms with E-state index >= 15 is 0 Å². The lowest BCUT2D eigenvalue weighted by molar-refractivity contribution is 0.112. The smallest absolute Gasteiger partial charge is 0.151 e. The van der Waals surface area contributed by atoms with Gasteiger partial charge in [-0.15, -0.1) is 0 Å². The SMILES string of the molecule is Cc1ccc(N(C)c2ccc(C=O)c(Br)c2)c(C)c1. The van der Waals surface area contributed by atoms with Gasteiger partial charge < -0.3 is 4.90 Å². The van der Waals surface area contributed by atoms with Crippen molar-refractivity contribution < 1.29 is 4.79 Å². The Hall–Kier alpha value is -1.61. The van der Waals surface area contributed by atoms with Crippen molar-refractivity contribution in [2.75, 3.05) is 11.9 Å². The van der Waals surface area contributed by atoms with E-state index in [-0.39, 0.29) is 0 Å². The zero-order chi connectivity index (χ0) is 14.0. The van der Waals surface area contributed by atoms with Gasteiger partial charge in [0.05, 0.1) is 0 Å². The van der Waals surface area contributed by atoms with E-state index in [9.17, 15) is 4.79 Å². The van der Waals surface area contributed by atoms with Gasteiger partial charge in [-0.2, -0.15) is 0 Å². The van der Waals surface area contributed by atoms with Crippen LogP contribution in [-0.2, 0) is 0 Å². The average Bonchev–Trinajstić information content (AvgIpc) is 2.38. The van der Waals surface area contributed by atoms with Crippen LogP contribution in [0.5, 0.6) is 0 Å². The summed E-state index contributed by atoms with van der Waals surface area (Å²) in [6.45, 7) is 4.19. The number of hydrogen-bond donors (Lipinski definition) is 0. The number of anilines is 2. The van der Waals surface area contributed by atoms with E-state index < -0.39 is 0 Å². The Bertz CT molecular complexity index is 622. The van der Waals surface area contributed by atoms with Crippen molar-refractivity contribution in [3.8, 4) is 0 Å². The van der Waals surface area contributed by atoms with Crippen LogP contribution in [-0.4, -0.2) is 13.3 Å². The second-order valence-corrected chi connectivity index (χ2v) is 5.53. The van der Waals surface area contributed by atoms with Crippen LogP contribution in [0.4, 0.5) is 11.4 Å². The van der Waals surface area contributed by atoms with Crippen LogP contribution in [0.2, 0.25) is 0 Å². The summed E-state index contributed by atoms with van der Waals surface area (Å²) >= 11 is 3.42. The van der Waals surface area contributed by atoms with Gasteiger partial charge in [0.1, 0.15) is 0 Å². The first-order valence-corrected chi connectivity index (χ1v) is 6.88. The highest BCUT2D eigenvalue weighted by atomic mass is 79.9. The number of benzene rings is 2. The highest BCUT2D eigenvalue weighted by molar-refractivity contribution is 9.10. The largest absolute Gasteiger partial charge is 0.344 e. The minimum Gasteiger partial charge on any atom is -0.344 e. The van der Waals surface area contributed by atoms with Gasteiger partial charge in [-0.05, 0) is 59.6 Å². The summed E-state index contributed by atoms with van der Waals surface area (Å²) in [6.07, 6.45) is 0.852. The molecule has 0 fully saturated rings. The number of carbonyl (C=O) groups is 1. The van der Waals surface area contributed by atoms with E-state index in [0.717, 1.165) is 22.1 Å². The maximum Gasteiger partial charge on any atom is 0.151 e. The number of aryl methyl sites for hydroxylation is 2. The van der Waals surface area contributed by atoms with E-state index in [0.29, 0.717) is 5.56 Å². The fraction of sp³-hybridized carbons (Fsp3) is 0.188. The summed E-state index contributed by atoms with van der Waals surface area (Å²) in [6, 6.07) is 12.1. The molecule has 19 heavy (non-hydrogen) atoms. The summed E-state index contributed by atoms with van der Waals surface area (Å²) in [4.78, 5) is 12.9. The minimum atomic E-state index is 0.665. The molecule has 0 N–H and O–H groups in total. The number of halogens is 1. The third-order valence-corrected chi connectivity index (χ3v) is 3.90. The summed E-state index contributed by atoms with van der Waals surface area (Å²) in [5.41, 5.74) is 5.36. The lowest BCUT2D eigenvalue weighted by Crippen LogP contribution is -2.11. The predicted octanol–water partition coefficient (Wildman–Crippen LogP) is 4.65. The molecule has 0 amide bonds. The van der Waals surface area contributed by atoms with Gasteiger partial charge in [-0.1, -0.05) is 17.7 Å². The highest BCUT2D eigenvalue weighted by Gasteiger charge is 2.09. The number of aldehydes is 1. The van der Waals surface area contributed by atoms with Crippen LogP contribution in [0.1, 0.15) is 21.5 Å². The molecule has 0 aromatic heterocycles. The topological polar surface area (TPSA) is 20.3 Å². The summed E-state index contributed by atoms with van der Waals surface area (Å²) < 4.78 is 0.816. The molecule has 0 bridgehead atoms. The van der Waals surface area contributed by atoms with Crippen molar-refractivity contribution in [1.29, 1.82) is 0 Å². The van der Waals surface area contributed by atoms with Crippen LogP contribution in [0.25, 0.3) is 0 Å². The maximum absolute atomic E-state index is 10.8. The number of rotatable bonds is 3. The first-order chi connectivity index (χ1) is 9.02. The van der Waals surface area contributed by atoms with Crippen LogP contribution >= 0.6 is 15.9 Å². The Morgan fingerprint density at radius 2 is 1.84 bits per heavy atom. The molecule has 0 aliphatic carbocycles. The molecule has 0 saturated heterocycles. The molecule has 2 aromatic rings. The Morgan fingerprint density at radius 1 is 1.11 bits per heavy atom. The van der Waals surface area contributed by atoms with E-state index in [1.165, 1.54) is 11.1 Å². The third kappa shape index (κ3) is 2.87. The van der Waals surface area contributed by atoms with Gasteiger partial charge in [0.15, 0.2) is 6.29 Å². The zero-order valence-corrected chi connectivity index (χ0v) is 12.9. The molecular weight excluding hydrogens is 302 g/mol. The van der Waals surface area contributed by atoms with Gasteiger partial charge in [0, 0.05) is 28.5 Å². The molecule has 0 unspecified atom stereocenters. The van der Waals surface area contributed by atoms with Crippen molar-refractivity contribution in [2.24, 2.45) is 0 Å². The molecule has 2 aromatic carbocycles. The van der Waals surface area contributed by atoms with Crippen LogP contribution in [0, 0.1) is 13.8 Å². The zero-order valence-electron chi connectivity index (χ0n) is 11.3. The van der Waals surface area contributed by atoms with Gasteiger partial charge in [-0.25, -0.2) is 0 Å². The lowest BCUT2D eigenvalue weighted by Gasteiger charge is -2.22. The van der Waals surface area contributed by atoms with Crippen molar-refractivity contribution in [1.82, 2.24) is 0 Å². The molecule has 0 heterocycles. The summed E-state index contributed by atoms with van der Waals surface area (Å²) in [5, 5.41) is 0. The fourth-order valence-electron chi connectivity index (χ4n) is 2.14. The Balaban J connectivity index is 2.41. The Labute approximate surface area is 122 Å². The molecule has 0 aliphatic rings. The molecule has 0 saturated carbocycles. The number of carbonyl (C=O) groups excluding carboxylic acids is 1. The van der Waals surface area contributed by atoms with Gasteiger partial charge in [0.25, 0.3) is 0 Å². The van der Waals surface area contributed by atoms with Gasteiger partial charge in [-0.3, -0.25) is 4.79 Å². The molecule has 98 valence electrons. The molecular formula is C16H16BrNO. The standard InChI is InChI=1S/C16H16BrNO/c1-11-4-7-16(12(2)8-11)18(3)14-6-5-13(10-19)15(17)9-14/h4-10H,1-3H3. The first-order valence-electron chi connectivity index (χ1n) is 6.08. The Morgan fingerprint density at radius 3 is 2.42 bits per heavy atom. The molecule has 3 heteroatoms. The Kier molecular flexibility index (Phi) is 4.05. The molecule has 2 nitrogen and oxygen atoms in total. The van der Waals surface area contributed by atoms with E-state index in [4.69, 9.17) is 0 Å². The average molecular weight is 318 g/mol.